The number of rotatable bonds is 4. The molecule has 2 aromatic carbocycles. The van der Waals surface area contributed by atoms with Crippen LogP contribution in [0, 0.1) is 28.8 Å². The normalized spacial score (nSPS) is 10.0. The van der Waals surface area contributed by atoms with Crippen LogP contribution in [0.5, 0.6) is 5.75 Å². The highest BCUT2D eigenvalue weighted by atomic mass is 19.1. The number of hydrogen-bond acceptors (Lipinski definition) is 3. The maximum Gasteiger partial charge on any atom is 0.191 e. The number of ether oxygens (including phenoxy) is 1. The van der Waals surface area contributed by atoms with Gasteiger partial charge in [0.25, 0.3) is 0 Å². The van der Waals surface area contributed by atoms with E-state index in [0.29, 0.717) is 6.29 Å². The lowest BCUT2D eigenvalue weighted by Crippen LogP contribution is -2.02. The zero-order chi connectivity index (χ0) is 15.4. The van der Waals surface area contributed by atoms with E-state index >= 15 is 0 Å². The molecule has 0 N–H and O–H groups in total. The summed E-state index contributed by atoms with van der Waals surface area (Å²) in [7, 11) is 0. The minimum atomic E-state index is -1.03. The fraction of sp³-hybridized carbons (Fsp3) is 0.0667. The van der Waals surface area contributed by atoms with E-state index in [2.05, 4.69) is 0 Å². The molecule has 0 saturated carbocycles. The van der Waals surface area contributed by atoms with Crippen LogP contribution in [-0.4, -0.2) is 6.29 Å². The van der Waals surface area contributed by atoms with Crippen LogP contribution in [-0.2, 0) is 6.61 Å². The second kappa shape index (κ2) is 6.09. The highest BCUT2D eigenvalue weighted by Crippen LogP contribution is 2.24. The summed E-state index contributed by atoms with van der Waals surface area (Å²) in [4.78, 5) is 10.5. The van der Waals surface area contributed by atoms with Gasteiger partial charge in [-0.3, -0.25) is 4.79 Å². The molecule has 0 amide bonds. The van der Waals surface area contributed by atoms with E-state index < -0.39 is 23.2 Å². The summed E-state index contributed by atoms with van der Waals surface area (Å²) in [5.74, 6) is -3.38. The highest BCUT2D eigenvalue weighted by molar-refractivity contribution is 5.75. The molecule has 0 bridgehead atoms. The summed E-state index contributed by atoms with van der Waals surface area (Å²) >= 11 is 0. The first-order chi connectivity index (χ1) is 10.0. The third-order valence-electron chi connectivity index (χ3n) is 2.63. The number of aldehydes is 1. The third kappa shape index (κ3) is 3.39. The topological polar surface area (TPSA) is 50.1 Å². The minimum Gasteiger partial charge on any atom is -0.483 e. The molecule has 0 unspecified atom stereocenters. The van der Waals surface area contributed by atoms with Gasteiger partial charge in [-0.05, 0) is 35.9 Å². The molecule has 0 radical (unpaired) electrons. The van der Waals surface area contributed by atoms with Gasteiger partial charge in [0.2, 0.25) is 0 Å². The Hall–Kier alpha value is -2.81. The predicted molar refractivity (Wildman–Crippen MR) is 67.2 cm³/mol. The first-order valence-electron chi connectivity index (χ1n) is 5.80. The molecule has 21 heavy (non-hydrogen) atoms. The summed E-state index contributed by atoms with van der Waals surface area (Å²) in [5, 5.41) is 8.71. The Morgan fingerprint density at radius 1 is 1.10 bits per heavy atom. The average molecular weight is 291 g/mol. The number of carbonyl (C=O) groups is 1. The van der Waals surface area contributed by atoms with Gasteiger partial charge >= 0.3 is 0 Å². The van der Waals surface area contributed by atoms with E-state index in [0.717, 1.165) is 24.3 Å². The molecule has 0 aromatic heterocycles. The second-order valence-electron chi connectivity index (χ2n) is 4.18. The molecule has 6 heteroatoms. The number of nitrogens with zero attached hydrogens (tertiary/aromatic N) is 1. The van der Waals surface area contributed by atoms with E-state index in [1.807, 2.05) is 0 Å². The Bertz CT molecular complexity index is 715. The van der Waals surface area contributed by atoms with E-state index in [-0.39, 0.29) is 23.3 Å². The van der Waals surface area contributed by atoms with Crippen molar-refractivity contribution in [1.29, 1.82) is 5.26 Å². The Morgan fingerprint density at radius 2 is 1.76 bits per heavy atom. The van der Waals surface area contributed by atoms with Crippen LogP contribution in [0.1, 0.15) is 21.5 Å². The quantitative estimate of drug-likeness (QED) is 0.811. The molecular formula is C15H8F3NO2. The van der Waals surface area contributed by atoms with Crippen LogP contribution in [0.2, 0.25) is 0 Å². The number of benzene rings is 2. The summed E-state index contributed by atoms with van der Waals surface area (Å²) in [6.45, 7) is -0.319. The Balaban J connectivity index is 2.23. The van der Waals surface area contributed by atoms with Crippen LogP contribution >= 0.6 is 0 Å². The van der Waals surface area contributed by atoms with Crippen molar-refractivity contribution in [3.63, 3.8) is 0 Å². The molecular weight excluding hydrogens is 283 g/mol. The molecule has 0 aliphatic heterocycles. The van der Waals surface area contributed by atoms with Crippen LogP contribution < -0.4 is 4.74 Å². The van der Waals surface area contributed by atoms with Crippen molar-refractivity contribution in [1.82, 2.24) is 0 Å². The van der Waals surface area contributed by atoms with Crippen LogP contribution in [0.4, 0.5) is 13.2 Å². The molecule has 106 valence electrons. The number of hydrogen-bond donors (Lipinski definition) is 0. The lowest BCUT2D eigenvalue weighted by Gasteiger charge is -2.09. The van der Waals surface area contributed by atoms with Crippen LogP contribution in [0.25, 0.3) is 0 Å². The largest absolute Gasteiger partial charge is 0.483 e. The van der Waals surface area contributed by atoms with Gasteiger partial charge < -0.3 is 4.74 Å². The molecule has 0 aliphatic rings. The SMILES string of the molecule is N#Cc1cc(F)cc(COc2c(F)cc(C=O)cc2F)c1. The van der Waals surface area contributed by atoms with Crippen molar-refractivity contribution in [2.75, 3.05) is 0 Å². The van der Waals surface area contributed by atoms with Crippen LogP contribution in [0.15, 0.2) is 30.3 Å². The van der Waals surface area contributed by atoms with E-state index in [4.69, 9.17) is 10.00 Å². The zero-order valence-corrected chi connectivity index (χ0v) is 10.6. The molecule has 0 saturated heterocycles. The van der Waals surface area contributed by atoms with E-state index in [1.54, 1.807) is 6.07 Å². The monoisotopic (exact) mass is 291 g/mol. The van der Waals surface area contributed by atoms with Crippen molar-refractivity contribution < 1.29 is 22.7 Å². The molecule has 0 aliphatic carbocycles. The lowest BCUT2D eigenvalue weighted by molar-refractivity contribution is 0.112. The fourth-order valence-corrected chi connectivity index (χ4v) is 1.74. The Labute approximate surface area is 118 Å². The van der Waals surface area contributed by atoms with Gasteiger partial charge in [0.05, 0.1) is 11.6 Å². The summed E-state index contributed by atoms with van der Waals surface area (Å²) < 4.78 is 45.3. The smallest absolute Gasteiger partial charge is 0.191 e. The molecule has 0 fully saturated rings. The number of halogens is 3. The Kier molecular flexibility index (Phi) is 4.24. The van der Waals surface area contributed by atoms with Gasteiger partial charge in [0, 0.05) is 5.56 Å². The van der Waals surface area contributed by atoms with Crippen LogP contribution in [0.3, 0.4) is 0 Å². The summed E-state index contributed by atoms with van der Waals surface area (Å²) in [5.41, 5.74) is 0.172. The molecule has 3 nitrogen and oxygen atoms in total. The van der Waals surface area contributed by atoms with E-state index in [9.17, 15) is 18.0 Å². The van der Waals surface area contributed by atoms with Gasteiger partial charge in [-0.15, -0.1) is 0 Å². The van der Waals surface area contributed by atoms with Gasteiger partial charge in [-0.1, -0.05) is 0 Å². The maximum absolute atomic E-state index is 13.6. The van der Waals surface area contributed by atoms with Crippen molar-refractivity contribution in [3.05, 3.63) is 64.5 Å². The lowest BCUT2D eigenvalue weighted by atomic mass is 10.1. The molecule has 0 atom stereocenters. The second-order valence-corrected chi connectivity index (χ2v) is 4.18. The summed E-state index contributed by atoms with van der Waals surface area (Å²) in [6, 6.07) is 6.89. The van der Waals surface area contributed by atoms with Crippen molar-refractivity contribution in [2.45, 2.75) is 6.61 Å². The first kappa shape index (κ1) is 14.6. The standard InChI is InChI=1S/C15H8F3NO2/c16-12-2-9(6-19)1-11(3-12)8-21-15-13(17)4-10(7-20)5-14(15)18/h1-5,7H,8H2. The van der Waals surface area contributed by atoms with Gasteiger partial charge in [0.1, 0.15) is 18.7 Å². The fourth-order valence-electron chi connectivity index (χ4n) is 1.74. The molecule has 0 heterocycles. The predicted octanol–water partition coefficient (Wildman–Crippen LogP) is 3.37. The third-order valence-corrected chi connectivity index (χ3v) is 2.63. The van der Waals surface area contributed by atoms with Gasteiger partial charge in [0.15, 0.2) is 17.4 Å². The van der Waals surface area contributed by atoms with Gasteiger partial charge in [-0.2, -0.15) is 5.26 Å². The van der Waals surface area contributed by atoms with Gasteiger partial charge in [-0.25, -0.2) is 13.2 Å². The van der Waals surface area contributed by atoms with Crippen molar-refractivity contribution >= 4 is 6.29 Å². The van der Waals surface area contributed by atoms with E-state index in [1.165, 1.54) is 6.07 Å². The Morgan fingerprint density at radius 3 is 2.33 bits per heavy atom. The minimum absolute atomic E-state index is 0.0749. The first-order valence-corrected chi connectivity index (χ1v) is 5.80. The molecule has 2 rings (SSSR count). The number of carbonyl (C=O) groups excluding carboxylic acids is 1. The summed E-state index contributed by atoms with van der Waals surface area (Å²) in [6.07, 6.45) is 0.307. The molecule has 0 spiro atoms. The average Bonchev–Trinajstić information content (AvgIpc) is 2.45. The number of nitriles is 1. The molecule has 2 aromatic rings. The zero-order valence-electron chi connectivity index (χ0n) is 10.6. The van der Waals surface area contributed by atoms with Crippen molar-refractivity contribution in [3.8, 4) is 11.8 Å². The van der Waals surface area contributed by atoms with Crippen molar-refractivity contribution in [2.24, 2.45) is 0 Å². The highest BCUT2D eigenvalue weighted by Gasteiger charge is 2.13. The maximum atomic E-state index is 13.6.